The molecule has 31 heavy (non-hydrogen) atoms. The van der Waals surface area contributed by atoms with E-state index in [0.717, 1.165) is 6.07 Å². The van der Waals surface area contributed by atoms with E-state index in [1.54, 1.807) is 11.0 Å². The van der Waals surface area contributed by atoms with Crippen LogP contribution in [-0.2, 0) is 9.53 Å². The minimum atomic E-state index is -0.686. The zero-order valence-electron chi connectivity index (χ0n) is 16.9. The summed E-state index contributed by atoms with van der Waals surface area (Å²) in [6.45, 7) is 2.04. The summed E-state index contributed by atoms with van der Waals surface area (Å²) in [7, 11) is 0. The van der Waals surface area contributed by atoms with E-state index in [1.807, 2.05) is 11.0 Å². The van der Waals surface area contributed by atoms with Crippen molar-refractivity contribution in [3.05, 3.63) is 65.0 Å². The minimum Gasteiger partial charge on any atom is -0.377 e. The van der Waals surface area contributed by atoms with Crippen molar-refractivity contribution in [3.8, 4) is 6.07 Å². The van der Waals surface area contributed by atoms with Crippen LogP contribution in [0.1, 0.15) is 30.0 Å². The SMILES string of the molecule is N#Cc1cc(F)ccc1N1CCC(C(=O)N2CCOCC2c2cc(F)cc(F)c2)CC1. The minimum absolute atomic E-state index is 0.0581. The second-order valence-corrected chi connectivity index (χ2v) is 7.86. The van der Waals surface area contributed by atoms with Gasteiger partial charge in [0.25, 0.3) is 0 Å². The van der Waals surface area contributed by atoms with Gasteiger partial charge in [0.05, 0.1) is 30.5 Å². The average molecular weight is 429 g/mol. The van der Waals surface area contributed by atoms with Gasteiger partial charge in [-0.1, -0.05) is 0 Å². The van der Waals surface area contributed by atoms with Crippen LogP contribution in [-0.4, -0.2) is 43.7 Å². The fourth-order valence-corrected chi connectivity index (χ4v) is 4.39. The molecule has 0 bridgehead atoms. The van der Waals surface area contributed by atoms with Gasteiger partial charge < -0.3 is 14.5 Å². The van der Waals surface area contributed by atoms with E-state index in [2.05, 4.69) is 0 Å². The Labute approximate surface area is 178 Å². The van der Waals surface area contributed by atoms with Crippen molar-refractivity contribution < 1.29 is 22.7 Å². The molecule has 4 rings (SSSR count). The first-order chi connectivity index (χ1) is 15.0. The molecule has 0 aliphatic carbocycles. The number of piperidine rings is 1. The number of benzene rings is 2. The number of amides is 1. The van der Waals surface area contributed by atoms with Crippen LogP contribution in [0.4, 0.5) is 18.9 Å². The first kappa shape index (κ1) is 21.2. The van der Waals surface area contributed by atoms with Crippen molar-refractivity contribution in [2.45, 2.75) is 18.9 Å². The molecule has 2 aliphatic rings. The molecule has 162 valence electrons. The highest BCUT2D eigenvalue weighted by atomic mass is 19.1. The van der Waals surface area contributed by atoms with Gasteiger partial charge in [-0.05, 0) is 48.7 Å². The number of halogens is 3. The number of rotatable bonds is 3. The van der Waals surface area contributed by atoms with Crippen LogP contribution in [0, 0.1) is 34.7 Å². The molecule has 0 aromatic heterocycles. The smallest absolute Gasteiger partial charge is 0.226 e. The summed E-state index contributed by atoms with van der Waals surface area (Å²) in [6, 6.07) is 8.89. The topological polar surface area (TPSA) is 56.6 Å². The summed E-state index contributed by atoms with van der Waals surface area (Å²) in [6.07, 6.45) is 1.14. The quantitative estimate of drug-likeness (QED) is 0.745. The molecule has 2 heterocycles. The van der Waals surface area contributed by atoms with Crippen molar-refractivity contribution in [2.75, 3.05) is 37.7 Å². The number of ether oxygens (including phenoxy) is 1. The molecule has 0 spiro atoms. The molecular weight excluding hydrogens is 407 g/mol. The molecule has 0 radical (unpaired) electrons. The van der Waals surface area contributed by atoms with Gasteiger partial charge in [-0.3, -0.25) is 4.79 Å². The molecule has 0 saturated carbocycles. The van der Waals surface area contributed by atoms with Crippen LogP contribution in [0.5, 0.6) is 0 Å². The van der Waals surface area contributed by atoms with Crippen LogP contribution < -0.4 is 4.90 Å². The normalized spacial score (nSPS) is 19.9. The van der Waals surface area contributed by atoms with Crippen molar-refractivity contribution in [1.29, 1.82) is 5.26 Å². The Morgan fingerprint density at radius 3 is 2.39 bits per heavy atom. The van der Waals surface area contributed by atoms with E-state index >= 15 is 0 Å². The fourth-order valence-electron chi connectivity index (χ4n) is 4.39. The number of anilines is 1. The van der Waals surface area contributed by atoms with E-state index in [-0.39, 0.29) is 24.0 Å². The highest BCUT2D eigenvalue weighted by molar-refractivity contribution is 5.80. The summed E-state index contributed by atoms with van der Waals surface area (Å²) in [5, 5.41) is 9.29. The Morgan fingerprint density at radius 2 is 1.71 bits per heavy atom. The van der Waals surface area contributed by atoms with Crippen molar-refractivity contribution in [3.63, 3.8) is 0 Å². The Balaban J connectivity index is 1.47. The average Bonchev–Trinajstić information content (AvgIpc) is 2.78. The van der Waals surface area contributed by atoms with Gasteiger partial charge in [-0.25, -0.2) is 13.2 Å². The highest BCUT2D eigenvalue weighted by Crippen LogP contribution is 2.32. The maximum absolute atomic E-state index is 13.7. The summed E-state index contributed by atoms with van der Waals surface area (Å²) in [5.74, 6) is -2.13. The van der Waals surface area contributed by atoms with E-state index < -0.39 is 23.5 Å². The van der Waals surface area contributed by atoms with Crippen molar-refractivity contribution >= 4 is 11.6 Å². The first-order valence-electron chi connectivity index (χ1n) is 10.2. The van der Waals surface area contributed by atoms with Crippen LogP contribution >= 0.6 is 0 Å². The molecule has 1 amide bonds. The van der Waals surface area contributed by atoms with Gasteiger partial charge in [-0.2, -0.15) is 5.26 Å². The van der Waals surface area contributed by atoms with E-state index in [1.165, 1.54) is 24.3 Å². The Kier molecular flexibility index (Phi) is 6.14. The Hall–Kier alpha value is -3.05. The van der Waals surface area contributed by atoms with E-state index in [4.69, 9.17) is 4.74 Å². The monoisotopic (exact) mass is 429 g/mol. The standard InChI is InChI=1S/C23H22F3N3O2/c24-18-1-2-21(17(11-18)13-27)28-5-3-15(4-6-28)23(30)29-7-8-31-14-22(29)16-9-19(25)12-20(26)10-16/h1-2,9-12,15,22H,3-8,14H2. The molecule has 2 fully saturated rings. The molecule has 0 N–H and O–H groups in total. The largest absolute Gasteiger partial charge is 0.377 e. The zero-order valence-corrected chi connectivity index (χ0v) is 16.9. The lowest BCUT2D eigenvalue weighted by Gasteiger charge is -2.40. The number of morpholine rings is 1. The third-order valence-electron chi connectivity index (χ3n) is 5.95. The molecule has 1 atom stereocenters. The van der Waals surface area contributed by atoms with Crippen LogP contribution in [0.15, 0.2) is 36.4 Å². The summed E-state index contributed by atoms with van der Waals surface area (Å²) in [5.41, 5.74) is 1.31. The number of nitriles is 1. The maximum atomic E-state index is 13.7. The zero-order chi connectivity index (χ0) is 22.0. The molecule has 8 heteroatoms. The lowest BCUT2D eigenvalue weighted by Crippen LogP contribution is -2.48. The van der Waals surface area contributed by atoms with Crippen molar-refractivity contribution in [2.24, 2.45) is 5.92 Å². The van der Waals surface area contributed by atoms with Gasteiger partial charge in [0, 0.05) is 31.6 Å². The molecule has 5 nitrogen and oxygen atoms in total. The molecule has 1 unspecified atom stereocenters. The first-order valence-corrected chi connectivity index (χ1v) is 10.2. The van der Waals surface area contributed by atoms with Crippen LogP contribution in [0.2, 0.25) is 0 Å². The molecule has 2 saturated heterocycles. The maximum Gasteiger partial charge on any atom is 0.226 e. The fraction of sp³-hybridized carbons (Fsp3) is 0.391. The van der Waals surface area contributed by atoms with Gasteiger partial charge in [0.15, 0.2) is 0 Å². The van der Waals surface area contributed by atoms with Gasteiger partial charge in [0.1, 0.15) is 23.5 Å². The lowest BCUT2D eigenvalue weighted by molar-refractivity contribution is -0.145. The van der Waals surface area contributed by atoms with Gasteiger partial charge in [0.2, 0.25) is 5.91 Å². The number of nitrogens with zero attached hydrogens (tertiary/aromatic N) is 3. The molecule has 2 aromatic rings. The molecular formula is C23H22F3N3O2. The predicted octanol–water partition coefficient (Wildman–Crippen LogP) is 3.79. The Morgan fingerprint density at radius 1 is 1.00 bits per heavy atom. The number of hydrogen-bond acceptors (Lipinski definition) is 4. The highest BCUT2D eigenvalue weighted by Gasteiger charge is 2.35. The van der Waals surface area contributed by atoms with Crippen LogP contribution in [0.25, 0.3) is 0 Å². The second-order valence-electron chi connectivity index (χ2n) is 7.86. The summed E-state index contributed by atoms with van der Waals surface area (Å²) >= 11 is 0. The third-order valence-corrected chi connectivity index (χ3v) is 5.95. The number of carbonyl (C=O) groups is 1. The molecule has 2 aliphatic heterocycles. The van der Waals surface area contributed by atoms with Crippen molar-refractivity contribution in [1.82, 2.24) is 4.90 Å². The van der Waals surface area contributed by atoms with Gasteiger partial charge >= 0.3 is 0 Å². The van der Waals surface area contributed by atoms with E-state index in [0.29, 0.717) is 50.3 Å². The van der Waals surface area contributed by atoms with Gasteiger partial charge in [-0.15, -0.1) is 0 Å². The summed E-state index contributed by atoms with van der Waals surface area (Å²) in [4.78, 5) is 16.9. The molecule has 2 aromatic carbocycles. The second kappa shape index (κ2) is 8.98. The summed E-state index contributed by atoms with van der Waals surface area (Å²) < 4.78 is 46.4. The van der Waals surface area contributed by atoms with E-state index in [9.17, 15) is 23.2 Å². The lowest BCUT2D eigenvalue weighted by atomic mass is 9.92. The Bertz CT molecular complexity index is 995. The van der Waals surface area contributed by atoms with Crippen LogP contribution in [0.3, 0.4) is 0 Å². The number of hydrogen-bond donors (Lipinski definition) is 0. The predicted molar refractivity (Wildman–Crippen MR) is 108 cm³/mol. The number of carbonyl (C=O) groups excluding carboxylic acids is 1. The third kappa shape index (κ3) is 4.52.